The highest BCUT2D eigenvalue weighted by atomic mass is 16.6. The van der Waals surface area contributed by atoms with Crippen molar-refractivity contribution in [3.8, 4) is 0 Å². The Kier molecular flexibility index (Phi) is 5.98. The van der Waals surface area contributed by atoms with E-state index in [0.717, 1.165) is 31.5 Å². The first kappa shape index (κ1) is 21.6. The van der Waals surface area contributed by atoms with Crippen molar-refractivity contribution < 1.29 is 19.2 Å². The van der Waals surface area contributed by atoms with E-state index in [-0.39, 0.29) is 11.3 Å². The predicted octanol–water partition coefficient (Wildman–Crippen LogP) is 4.35. The monoisotopic (exact) mass is 438 g/mol. The summed E-state index contributed by atoms with van der Waals surface area (Å²) in [4.78, 5) is 39.6. The van der Waals surface area contributed by atoms with Crippen molar-refractivity contribution in [1.82, 2.24) is 0 Å². The minimum absolute atomic E-state index is 0.0722. The largest absolute Gasteiger partial charge is 0.447 e. The molecule has 0 radical (unpaired) electrons. The zero-order valence-electron chi connectivity index (χ0n) is 18.2. The van der Waals surface area contributed by atoms with Gasteiger partial charge in [-0.25, -0.2) is 4.79 Å². The molecule has 4 rings (SSSR count). The molecule has 0 bridgehead atoms. The van der Waals surface area contributed by atoms with Crippen molar-refractivity contribution in [1.29, 1.82) is 0 Å². The minimum atomic E-state index is -0.448. The number of cyclic esters (lactones) is 1. The van der Waals surface area contributed by atoms with Gasteiger partial charge in [0.25, 0.3) is 11.6 Å². The lowest BCUT2D eigenvalue weighted by molar-refractivity contribution is -0.384. The number of anilines is 3. The SMILES string of the molecule is Cc1ccc(N2CCOC2=O)cc1NC(=O)c1ccc(N2CCCC(C)C2)c([N+](=O)[O-])c1. The smallest absolute Gasteiger partial charge is 0.414 e. The standard InChI is InChI=1S/C23H26N4O5/c1-15-4-3-9-25(14-15)20-8-6-17(12-21(20)27(30)31)22(28)24-19-13-18(7-5-16(19)2)26-10-11-32-23(26)29/h5-8,12-13,15H,3-4,9-11,14H2,1-2H3,(H,24,28). The first-order valence-electron chi connectivity index (χ1n) is 10.7. The van der Waals surface area contributed by atoms with Gasteiger partial charge in [0.2, 0.25) is 0 Å². The Morgan fingerprint density at radius 2 is 2.03 bits per heavy atom. The van der Waals surface area contributed by atoms with Crippen LogP contribution < -0.4 is 15.1 Å². The molecule has 2 saturated heterocycles. The topological polar surface area (TPSA) is 105 Å². The quantitative estimate of drug-likeness (QED) is 0.550. The van der Waals surface area contributed by atoms with E-state index in [1.54, 1.807) is 30.3 Å². The summed E-state index contributed by atoms with van der Waals surface area (Å²) in [5.41, 5.74) is 2.64. The summed E-state index contributed by atoms with van der Waals surface area (Å²) in [5.74, 6) is 0.0189. The summed E-state index contributed by atoms with van der Waals surface area (Å²) >= 11 is 0. The number of carbonyl (C=O) groups is 2. The number of rotatable bonds is 5. The van der Waals surface area contributed by atoms with Gasteiger partial charge in [-0.3, -0.25) is 19.8 Å². The number of hydrogen-bond acceptors (Lipinski definition) is 6. The van der Waals surface area contributed by atoms with Crippen LogP contribution in [0.4, 0.5) is 27.5 Å². The Hall–Kier alpha value is -3.62. The number of carbonyl (C=O) groups excluding carboxylic acids is 2. The van der Waals surface area contributed by atoms with Gasteiger partial charge in [0.05, 0.1) is 11.5 Å². The van der Waals surface area contributed by atoms with Crippen LogP contribution in [-0.4, -0.2) is 43.2 Å². The second-order valence-electron chi connectivity index (χ2n) is 8.37. The molecule has 2 aliphatic rings. The van der Waals surface area contributed by atoms with E-state index in [1.165, 1.54) is 11.0 Å². The van der Waals surface area contributed by atoms with Crippen LogP contribution in [0.1, 0.15) is 35.7 Å². The molecule has 1 unspecified atom stereocenters. The number of amides is 2. The van der Waals surface area contributed by atoms with Crippen molar-refractivity contribution in [3.05, 3.63) is 57.6 Å². The Bertz CT molecular complexity index is 1070. The molecule has 9 nitrogen and oxygen atoms in total. The van der Waals surface area contributed by atoms with Crippen molar-refractivity contribution in [2.75, 3.05) is 41.4 Å². The van der Waals surface area contributed by atoms with E-state index >= 15 is 0 Å². The molecule has 1 atom stereocenters. The van der Waals surface area contributed by atoms with Gasteiger partial charge in [-0.2, -0.15) is 0 Å². The molecule has 0 saturated carbocycles. The molecule has 2 aromatic carbocycles. The van der Waals surface area contributed by atoms with Gasteiger partial charge in [0.1, 0.15) is 12.3 Å². The van der Waals surface area contributed by atoms with Gasteiger partial charge in [0.15, 0.2) is 0 Å². The van der Waals surface area contributed by atoms with Crippen LogP contribution in [0.25, 0.3) is 0 Å². The zero-order chi connectivity index (χ0) is 22.8. The van der Waals surface area contributed by atoms with Crippen molar-refractivity contribution >= 4 is 34.7 Å². The lowest BCUT2D eigenvalue weighted by atomic mass is 9.99. The molecule has 2 amide bonds. The van der Waals surface area contributed by atoms with Gasteiger partial charge in [-0.05, 0) is 55.5 Å². The number of hydrogen-bond donors (Lipinski definition) is 1. The molecule has 32 heavy (non-hydrogen) atoms. The van der Waals surface area contributed by atoms with Crippen LogP contribution >= 0.6 is 0 Å². The van der Waals surface area contributed by atoms with Crippen LogP contribution in [0.15, 0.2) is 36.4 Å². The van der Waals surface area contributed by atoms with Crippen LogP contribution in [-0.2, 0) is 4.74 Å². The van der Waals surface area contributed by atoms with Gasteiger partial charge in [-0.1, -0.05) is 13.0 Å². The van der Waals surface area contributed by atoms with Crippen molar-refractivity contribution in [3.63, 3.8) is 0 Å². The molecular weight excluding hydrogens is 412 g/mol. The van der Waals surface area contributed by atoms with Gasteiger partial charge >= 0.3 is 6.09 Å². The maximum atomic E-state index is 12.9. The van der Waals surface area contributed by atoms with Gasteiger partial charge in [-0.15, -0.1) is 0 Å². The van der Waals surface area contributed by atoms with Gasteiger partial charge < -0.3 is 15.0 Å². The molecular formula is C23H26N4O5. The highest BCUT2D eigenvalue weighted by Gasteiger charge is 2.26. The third kappa shape index (κ3) is 4.37. The molecule has 0 spiro atoms. The molecule has 9 heteroatoms. The molecule has 2 aliphatic heterocycles. The number of nitro groups is 1. The minimum Gasteiger partial charge on any atom is -0.447 e. The van der Waals surface area contributed by atoms with Crippen LogP contribution in [0.3, 0.4) is 0 Å². The highest BCUT2D eigenvalue weighted by Crippen LogP contribution is 2.33. The fourth-order valence-corrected chi connectivity index (χ4v) is 4.22. The second kappa shape index (κ2) is 8.86. The molecule has 0 aliphatic carbocycles. The normalized spacial score (nSPS) is 18.4. The maximum Gasteiger partial charge on any atom is 0.414 e. The van der Waals surface area contributed by atoms with Crippen LogP contribution in [0.2, 0.25) is 0 Å². The fourth-order valence-electron chi connectivity index (χ4n) is 4.22. The summed E-state index contributed by atoms with van der Waals surface area (Å²) in [6.07, 6.45) is 1.67. The fraction of sp³-hybridized carbons (Fsp3) is 0.391. The molecule has 2 fully saturated rings. The van der Waals surface area contributed by atoms with Gasteiger partial charge in [0, 0.05) is 36.1 Å². The molecule has 2 aromatic rings. The first-order valence-corrected chi connectivity index (χ1v) is 10.7. The third-order valence-corrected chi connectivity index (χ3v) is 5.97. The first-order chi connectivity index (χ1) is 15.3. The average molecular weight is 438 g/mol. The van der Waals surface area contributed by atoms with E-state index in [2.05, 4.69) is 12.2 Å². The zero-order valence-corrected chi connectivity index (χ0v) is 18.2. The Labute approximate surface area is 186 Å². The molecule has 0 aromatic heterocycles. The number of benzene rings is 2. The lowest BCUT2D eigenvalue weighted by Gasteiger charge is -2.32. The number of nitrogens with one attached hydrogen (secondary N) is 1. The summed E-state index contributed by atoms with van der Waals surface area (Å²) < 4.78 is 4.98. The molecule has 2 heterocycles. The van der Waals surface area contributed by atoms with E-state index in [9.17, 15) is 19.7 Å². The van der Waals surface area contributed by atoms with E-state index in [0.29, 0.717) is 36.1 Å². The second-order valence-corrected chi connectivity index (χ2v) is 8.37. The number of aryl methyl sites for hydroxylation is 1. The lowest BCUT2D eigenvalue weighted by Crippen LogP contribution is -2.34. The molecule has 168 valence electrons. The van der Waals surface area contributed by atoms with E-state index in [4.69, 9.17) is 4.74 Å². The summed E-state index contributed by atoms with van der Waals surface area (Å²) in [7, 11) is 0. The summed E-state index contributed by atoms with van der Waals surface area (Å²) in [6, 6.07) is 9.91. The number of ether oxygens (including phenoxy) is 1. The number of piperidine rings is 1. The highest BCUT2D eigenvalue weighted by molar-refractivity contribution is 6.06. The van der Waals surface area contributed by atoms with Crippen molar-refractivity contribution in [2.45, 2.75) is 26.7 Å². The molecule has 1 N–H and O–H groups in total. The average Bonchev–Trinajstić information content (AvgIpc) is 3.20. The number of nitrogens with zero attached hydrogens (tertiary/aromatic N) is 3. The van der Waals surface area contributed by atoms with Crippen LogP contribution in [0, 0.1) is 23.0 Å². The van der Waals surface area contributed by atoms with Crippen LogP contribution in [0.5, 0.6) is 0 Å². The Morgan fingerprint density at radius 1 is 1.22 bits per heavy atom. The Balaban J connectivity index is 1.58. The summed E-state index contributed by atoms with van der Waals surface area (Å²) in [5, 5.41) is 14.6. The third-order valence-electron chi connectivity index (χ3n) is 5.97. The maximum absolute atomic E-state index is 12.9. The Morgan fingerprint density at radius 3 is 2.72 bits per heavy atom. The number of nitro benzene ring substituents is 1. The predicted molar refractivity (Wildman–Crippen MR) is 122 cm³/mol. The van der Waals surface area contributed by atoms with E-state index < -0.39 is 16.9 Å². The summed E-state index contributed by atoms with van der Waals surface area (Å²) in [6.45, 7) is 6.26. The van der Waals surface area contributed by atoms with E-state index in [1.807, 2.05) is 11.8 Å². The van der Waals surface area contributed by atoms with Crippen molar-refractivity contribution in [2.24, 2.45) is 5.92 Å².